The Labute approximate surface area is 125 Å². The van der Waals surface area contributed by atoms with E-state index in [0.717, 1.165) is 31.9 Å². The van der Waals surface area contributed by atoms with E-state index in [9.17, 15) is 4.79 Å². The van der Waals surface area contributed by atoms with Gasteiger partial charge in [0, 0.05) is 30.9 Å². The largest absolute Gasteiger partial charge is 0.368 e. The lowest BCUT2D eigenvalue weighted by atomic mass is 10.0. The van der Waals surface area contributed by atoms with Crippen LogP contribution in [0.25, 0.3) is 0 Å². The van der Waals surface area contributed by atoms with Gasteiger partial charge in [-0.25, -0.2) is 4.98 Å². The van der Waals surface area contributed by atoms with Crippen LogP contribution in [0.5, 0.6) is 0 Å². The smallest absolute Gasteiger partial charge is 0.251 e. The Morgan fingerprint density at radius 2 is 2.10 bits per heavy atom. The van der Waals surface area contributed by atoms with E-state index in [-0.39, 0.29) is 11.7 Å². The van der Waals surface area contributed by atoms with Gasteiger partial charge in [-0.2, -0.15) is 0 Å². The maximum absolute atomic E-state index is 11.6. The fourth-order valence-corrected chi connectivity index (χ4v) is 3.28. The van der Waals surface area contributed by atoms with Gasteiger partial charge in [0.15, 0.2) is 0 Å². The summed E-state index contributed by atoms with van der Waals surface area (Å²) in [6.45, 7) is 6.66. The van der Waals surface area contributed by atoms with Crippen LogP contribution in [0.2, 0.25) is 0 Å². The molecule has 6 heteroatoms. The number of aryl methyl sites for hydroxylation is 1. The van der Waals surface area contributed by atoms with Crippen LogP contribution in [0.3, 0.4) is 0 Å². The monoisotopic (exact) mass is 292 g/mol. The van der Waals surface area contributed by atoms with Crippen LogP contribution in [-0.2, 0) is 4.74 Å². The Bertz CT molecular complexity index is 537. The number of H-pyrrole nitrogens is 1. The van der Waals surface area contributed by atoms with Crippen molar-refractivity contribution in [2.45, 2.75) is 31.9 Å². The van der Waals surface area contributed by atoms with Crippen molar-refractivity contribution in [1.29, 1.82) is 0 Å². The van der Waals surface area contributed by atoms with Crippen molar-refractivity contribution in [3.05, 3.63) is 27.9 Å². The van der Waals surface area contributed by atoms with Gasteiger partial charge >= 0.3 is 0 Å². The topological polar surface area (TPSA) is 61.5 Å². The van der Waals surface area contributed by atoms with E-state index < -0.39 is 0 Å². The third-order valence-electron chi connectivity index (χ3n) is 4.50. The standard InChI is InChI=1S/C15H24N4O2/c1-11-9-14(20)17-15(16-11)13-10-19(7-8-21-13)12-3-5-18(2)6-4-12/h9,12-13H,3-8,10H2,1-2H3,(H,16,17,20)/t13-/m1/s1. The Balaban J connectivity index is 1.69. The molecule has 0 spiro atoms. The van der Waals surface area contributed by atoms with Crippen molar-refractivity contribution in [2.75, 3.05) is 39.8 Å². The van der Waals surface area contributed by atoms with Crippen LogP contribution in [-0.4, -0.2) is 65.6 Å². The molecule has 3 rings (SSSR count). The van der Waals surface area contributed by atoms with Crippen LogP contribution in [0.4, 0.5) is 0 Å². The first kappa shape index (κ1) is 14.7. The number of nitrogens with one attached hydrogen (secondary N) is 1. The Morgan fingerprint density at radius 1 is 1.33 bits per heavy atom. The average Bonchev–Trinajstić information content (AvgIpc) is 2.47. The maximum Gasteiger partial charge on any atom is 0.251 e. The van der Waals surface area contributed by atoms with Gasteiger partial charge in [0.25, 0.3) is 5.56 Å². The van der Waals surface area contributed by atoms with E-state index in [1.165, 1.54) is 18.9 Å². The molecule has 21 heavy (non-hydrogen) atoms. The van der Waals surface area contributed by atoms with Crippen molar-refractivity contribution in [3.63, 3.8) is 0 Å². The molecule has 1 aromatic heterocycles. The van der Waals surface area contributed by atoms with Gasteiger partial charge in [-0.3, -0.25) is 9.69 Å². The van der Waals surface area contributed by atoms with Crippen molar-refractivity contribution < 1.29 is 4.74 Å². The first-order chi connectivity index (χ1) is 10.1. The lowest BCUT2D eigenvalue weighted by Gasteiger charge is -2.41. The minimum Gasteiger partial charge on any atom is -0.368 e. The van der Waals surface area contributed by atoms with Crippen LogP contribution in [0.15, 0.2) is 10.9 Å². The van der Waals surface area contributed by atoms with Gasteiger partial charge in [-0.15, -0.1) is 0 Å². The lowest BCUT2D eigenvalue weighted by Crippen LogP contribution is -2.49. The van der Waals surface area contributed by atoms with E-state index >= 15 is 0 Å². The predicted octanol–water partition coefficient (Wildman–Crippen LogP) is 0.546. The molecule has 1 aromatic rings. The molecule has 0 unspecified atom stereocenters. The Kier molecular flexibility index (Phi) is 4.37. The van der Waals surface area contributed by atoms with E-state index in [1.54, 1.807) is 0 Å². The number of hydrogen-bond acceptors (Lipinski definition) is 5. The van der Waals surface area contributed by atoms with Crippen molar-refractivity contribution in [1.82, 2.24) is 19.8 Å². The zero-order valence-corrected chi connectivity index (χ0v) is 12.8. The third kappa shape index (κ3) is 3.51. The molecule has 0 aromatic carbocycles. The molecule has 116 valence electrons. The molecule has 2 fully saturated rings. The normalized spacial score (nSPS) is 26.1. The van der Waals surface area contributed by atoms with Crippen molar-refractivity contribution >= 4 is 0 Å². The fourth-order valence-electron chi connectivity index (χ4n) is 3.28. The molecule has 0 saturated carbocycles. The van der Waals surface area contributed by atoms with E-state index in [1.807, 2.05) is 6.92 Å². The number of ether oxygens (including phenoxy) is 1. The van der Waals surface area contributed by atoms with Gasteiger partial charge in [0.2, 0.25) is 0 Å². The summed E-state index contributed by atoms with van der Waals surface area (Å²) < 4.78 is 5.83. The fraction of sp³-hybridized carbons (Fsp3) is 0.733. The second-order valence-corrected chi connectivity index (χ2v) is 6.16. The summed E-state index contributed by atoms with van der Waals surface area (Å²) in [5.74, 6) is 0.664. The van der Waals surface area contributed by atoms with E-state index in [0.29, 0.717) is 18.5 Å². The number of hydrogen-bond donors (Lipinski definition) is 1. The minimum atomic E-state index is -0.119. The SMILES string of the molecule is Cc1cc(=O)[nH]c([C@H]2CN(C3CCN(C)CC3)CCO2)n1. The molecule has 1 atom stereocenters. The third-order valence-corrected chi connectivity index (χ3v) is 4.50. The second-order valence-electron chi connectivity index (χ2n) is 6.16. The first-order valence-corrected chi connectivity index (χ1v) is 7.74. The number of likely N-dealkylation sites (tertiary alicyclic amines) is 1. The summed E-state index contributed by atoms with van der Waals surface area (Å²) in [5, 5.41) is 0. The summed E-state index contributed by atoms with van der Waals surface area (Å²) in [5.41, 5.74) is 0.645. The highest BCUT2D eigenvalue weighted by atomic mass is 16.5. The maximum atomic E-state index is 11.6. The highest BCUT2D eigenvalue weighted by molar-refractivity contribution is 5.03. The molecule has 0 aliphatic carbocycles. The molecule has 0 bridgehead atoms. The zero-order valence-electron chi connectivity index (χ0n) is 12.8. The summed E-state index contributed by atoms with van der Waals surface area (Å²) in [7, 11) is 2.18. The predicted molar refractivity (Wildman–Crippen MR) is 80.4 cm³/mol. The van der Waals surface area contributed by atoms with Crippen molar-refractivity contribution in [3.8, 4) is 0 Å². The summed E-state index contributed by atoms with van der Waals surface area (Å²) >= 11 is 0. The highest BCUT2D eigenvalue weighted by Crippen LogP contribution is 2.24. The summed E-state index contributed by atoms with van der Waals surface area (Å²) in [6, 6.07) is 2.14. The van der Waals surface area contributed by atoms with Crippen LogP contribution >= 0.6 is 0 Å². The van der Waals surface area contributed by atoms with Gasteiger partial charge in [-0.05, 0) is 39.9 Å². The number of nitrogens with zero attached hydrogens (tertiary/aromatic N) is 3. The average molecular weight is 292 g/mol. The van der Waals surface area contributed by atoms with E-state index in [2.05, 4.69) is 26.8 Å². The zero-order chi connectivity index (χ0) is 14.8. The number of piperidine rings is 1. The lowest BCUT2D eigenvalue weighted by molar-refractivity contribution is -0.0564. The van der Waals surface area contributed by atoms with Crippen molar-refractivity contribution in [2.24, 2.45) is 0 Å². The molecule has 1 N–H and O–H groups in total. The Morgan fingerprint density at radius 3 is 2.81 bits per heavy atom. The molecule has 3 heterocycles. The highest BCUT2D eigenvalue weighted by Gasteiger charge is 2.30. The molecule has 2 aliphatic heterocycles. The number of rotatable bonds is 2. The van der Waals surface area contributed by atoms with Crippen LogP contribution in [0.1, 0.15) is 30.5 Å². The molecule has 6 nitrogen and oxygen atoms in total. The molecule has 2 saturated heterocycles. The number of aromatic nitrogens is 2. The number of morpholine rings is 1. The van der Waals surface area contributed by atoms with Gasteiger partial charge in [0.05, 0.1) is 6.61 Å². The second kappa shape index (κ2) is 6.25. The molecule has 2 aliphatic rings. The summed E-state index contributed by atoms with van der Waals surface area (Å²) in [6.07, 6.45) is 2.30. The first-order valence-electron chi connectivity index (χ1n) is 7.74. The van der Waals surface area contributed by atoms with Crippen LogP contribution < -0.4 is 5.56 Å². The molecule has 0 amide bonds. The molecule has 0 radical (unpaired) electrons. The minimum absolute atomic E-state index is 0.0995. The quantitative estimate of drug-likeness (QED) is 0.862. The van der Waals surface area contributed by atoms with E-state index in [4.69, 9.17) is 4.74 Å². The van der Waals surface area contributed by atoms with Gasteiger partial charge < -0.3 is 14.6 Å². The number of aromatic amines is 1. The van der Waals surface area contributed by atoms with Gasteiger partial charge in [0.1, 0.15) is 11.9 Å². The van der Waals surface area contributed by atoms with Gasteiger partial charge in [-0.1, -0.05) is 0 Å². The molecular formula is C15H24N4O2. The Hall–Kier alpha value is -1.24. The molecular weight excluding hydrogens is 268 g/mol. The van der Waals surface area contributed by atoms with Crippen LogP contribution in [0, 0.1) is 6.92 Å². The summed E-state index contributed by atoms with van der Waals surface area (Å²) in [4.78, 5) is 23.7.